The number of nitrogens with two attached hydrogens (primary N) is 2. The van der Waals surface area contributed by atoms with Crippen LogP contribution in [0.3, 0.4) is 0 Å². The van der Waals surface area contributed by atoms with E-state index < -0.39 is 50.2 Å². The number of hydrogen-bond donors (Lipinski definition) is 2. The van der Waals surface area contributed by atoms with Crippen LogP contribution < -0.4 is 16.2 Å². The minimum Gasteiger partial charge on any atom is -0.481 e. The summed E-state index contributed by atoms with van der Waals surface area (Å²) in [7, 11) is -4.05. The first-order chi connectivity index (χ1) is 10.3. The van der Waals surface area contributed by atoms with Crippen molar-refractivity contribution in [1.29, 1.82) is 0 Å². The first kappa shape index (κ1) is 19.0. The van der Waals surface area contributed by atoms with E-state index in [9.17, 15) is 26.4 Å². The molecule has 0 fully saturated rings. The average molecular weight is 374 g/mol. The van der Waals surface area contributed by atoms with E-state index >= 15 is 0 Å². The molecule has 128 valence electrons. The summed E-state index contributed by atoms with van der Waals surface area (Å²) < 4.78 is 64.6. The molecular weight excluding hydrogens is 363 g/mol. The summed E-state index contributed by atoms with van der Waals surface area (Å²) in [6, 6.07) is 1.68. The fourth-order valence-corrected chi connectivity index (χ4v) is 2.62. The number of rotatable bonds is 4. The summed E-state index contributed by atoms with van der Waals surface area (Å²) in [6.07, 6.45) is -3.99. The molecule has 1 rings (SSSR count). The van der Waals surface area contributed by atoms with E-state index in [1.165, 1.54) is 0 Å². The molecule has 0 radical (unpaired) electrons. The second-order valence-electron chi connectivity index (χ2n) is 4.30. The molecule has 1 amide bonds. The van der Waals surface area contributed by atoms with Gasteiger partial charge in [0.05, 0.1) is 5.02 Å². The normalized spacial score (nSPS) is 11.9. The van der Waals surface area contributed by atoms with Crippen LogP contribution in [0.5, 0.6) is 5.75 Å². The summed E-state index contributed by atoms with van der Waals surface area (Å²) in [5.74, 6) is -2.31. The smallest absolute Gasteiger partial charge is 0.422 e. The predicted octanol–water partition coefficient (Wildman–Crippen LogP) is 1.10. The molecule has 1 aromatic carbocycles. The largest absolute Gasteiger partial charge is 0.481 e. The van der Waals surface area contributed by atoms with E-state index in [4.69, 9.17) is 23.1 Å². The van der Waals surface area contributed by atoms with Gasteiger partial charge in [-0.25, -0.2) is 8.42 Å². The molecule has 0 saturated heterocycles. The van der Waals surface area contributed by atoms with Crippen molar-refractivity contribution in [2.75, 3.05) is 12.9 Å². The monoisotopic (exact) mass is 373 g/mol. The summed E-state index contributed by atoms with van der Waals surface area (Å²) in [5, 5.41) is -0.508. The quantitative estimate of drug-likeness (QED) is 0.601. The molecule has 0 saturated carbocycles. The Hall–Kier alpha value is -2.01. The van der Waals surface area contributed by atoms with Crippen LogP contribution in [0.15, 0.2) is 22.0 Å². The molecule has 7 nitrogen and oxygen atoms in total. The number of aliphatic imine (C=N–C) groups is 1. The standard InChI is InChI=1S/C11H11ClF3N3O4S/c1-23(20,21)7-3-5(9(19)18-10(16)17)2-6(12)8(7)22-4-11(13,14)15/h2-3H,4H2,1H3,(H4,16,17,18,19). The van der Waals surface area contributed by atoms with Crippen molar-refractivity contribution in [3.05, 3.63) is 22.7 Å². The van der Waals surface area contributed by atoms with Crippen molar-refractivity contribution < 1.29 is 31.1 Å². The lowest BCUT2D eigenvalue weighted by atomic mass is 10.2. The van der Waals surface area contributed by atoms with Crippen molar-refractivity contribution in [2.45, 2.75) is 11.1 Å². The molecule has 0 bridgehead atoms. The Kier molecular flexibility index (Phi) is 5.48. The van der Waals surface area contributed by atoms with Gasteiger partial charge in [-0.2, -0.15) is 18.2 Å². The molecule has 0 spiro atoms. The van der Waals surface area contributed by atoms with Crippen molar-refractivity contribution in [3.63, 3.8) is 0 Å². The third-order valence-corrected chi connectivity index (χ3v) is 3.65. The maximum atomic E-state index is 12.2. The Morgan fingerprint density at radius 3 is 2.35 bits per heavy atom. The van der Waals surface area contributed by atoms with Gasteiger partial charge in [0.1, 0.15) is 4.90 Å². The van der Waals surface area contributed by atoms with E-state index in [1.54, 1.807) is 0 Å². The zero-order chi connectivity index (χ0) is 18.0. The number of benzene rings is 1. The number of nitrogens with zero attached hydrogens (tertiary/aromatic N) is 1. The predicted molar refractivity (Wildman–Crippen MR) is 76.3 cm³/mol. The molecule has 0 aliphatic rings. The van der Waals surface area contributed by atoms with Crippen LogP contribution in [0.25, 0.3) is 0 Å². The lowest BCUT2D eigenvalue weighted by Gasteiger charge is -2.14. The third kappa shape index (κ3) is 5.60. The van der Waals surface area contributed by atoms with Crippen LogP contribution in [0.1, 0.15) is 10.4 Å². The minimum atomic E-state index is -4.70. The Labute approximate surface area is 134 Å². The lowest BCUT2D eigenvalue weighted by Crippen LogP contribution is -2.24. The van der Waals surface area contributed by atoms with Crippen molar-refractivity contribution in [3.8, 4) is 5.75 Å². The van der Waals surface area contributed by atoms with Crippen molar-refractivity contribution in [2.24, 2.45) is 16.5 Å². The maximum absolute atomic E-state index is 12.2. The van der Waals surface area contributed by atoms with Crippen molar-refractivity contribution in [1.82, 2.24) is 0 Å². The summed E-state index contributed by atoms with van der Waals surface area (Å²) in [6.45, 7) is -1.75. The van der Waals surface area contributed by atoms with E-state index in [-0.39, 0.29) is 5.56 Å². The fourth-order valence-electron chi connectivity index (χ4n) is 1.44. The second-order valence-corrected chi connectivity index (χ2v) is 6.69. The van der Waals surface area contributed by atoms with E-state index in [0.717, 1.165) is 12.1 Å². The number of carbonyl (C=O) groups excluding carboxylic acids is 1. The zero-order valence-corrected chi connectivity index (χ0v) is 13.1. The highest BCUT2D eigenvalue weighted by atomic mass is 35.5. The molecule has 12 heteroatoms. The minimum absolute atomic E-state index is 0.330. The number of halogens is 4. The molecular formula is C11H11ClF3N3O4S. The first-order valence-electron chi connectivity index (χ1n) is 5.68. The van der Waals surface area contributed by atoms with Gasteiger partial charge in [-0.05, 0) is 12.1 Å². The molecule has 0 aliphatic heterocycles. The molecule has 0 unspecified atom stereocenters. The van der Waals surface area contributed by atoms with Crippen LogP contribution >= 0.6 is 11.6 Å². The number of amides is 1. The number of hydrogen-bond acceptors (Lipinski definition) is 4. The van der Waals surface area contributed by atoms with Gasteiger partial charge in [0, 0.05) is 11.8 Å². The van der Waals surface area contributed by atoms with E-state index in [1.807, 2.05) is 0 Å². The van der Waals surface area contributed by atoms with Gasteiger partial charge >= 0.3 is 6.18 Å². The van der Waals surface area contributed by atoms with Gasteiger partial charge in [-0.1, -0.05) is 11.6 Å². The maximum Gasteiger partial charge on any atom is 0.422 e. The van der Waals surface area contributed by atoms with Gasteiger partial charge in [0.15, 0.2) is 28.2 Å². The fraction of sp³-hybridized carbons (Fsp3) is 0.273. The highest BCUT2D eigenvalue weighted by Gasteiger charge is 2.31. The van der Waals surface area contributed by atoms with Gasteiger partial charge in [-0.15, -0.1) is 0 Å². The van der Waals surface area contributed by atoms with Crippen LogP contribution in [-0.4, -0.2) is 39.3 Å². The van der Waals surface area contributed by atoms with Crippen LogP contribution in [0, 0.1) is 0 Å². The first-order valence-corrected chi connectivity index (χ1v) is 7.95. The second kappa shape index (κ2) is 6.62. The van der Waals surface area contributed by atoms with E-state index in [0.29, 0.717) is 6.26 Å². The number of carbonyl (C=O) groups is 1. The van der Waals surface area contributed by atoms with E-state index in [2.05, 4.69) is 9.73 Å². The Morgan fingerprint density at radius 1 is 1.35 bits per heavy atom. The molecule has 1 aromatic rings. The summed E-state index contributed by atoms with van der Waals surface area (Å²) in [4.78, 5) is 14.2. The Balaban J connectivity index is 3.43. The van der Waals surface area contributed by atoms with Crippen LogP contribution in [-0.2, 0) is 9.84 Å². The Bertz CT molecular complexity index is 759. The third-order valence-electron chi connectivity index (χ3n) is 2.27. The lowest BCUT2D eigenvalue weighted by molar-refractivity contribution is -0.153. The van der Waals surface area contributed by atoms with Gasteiger partial charge in [0.25, 0.3) is 5.91 Å². The van der Waals surface area contributed by atoms with Crippen molar-refractivity contribution >= 4 is 33.3 Å². The topological polar surface area (TPSA) is 125 Å². The van der Waals surface area contributed by atoms with Crippen LogP contribution in [0.2, 0.25) is 5.02 Å². The highest BCUT2D eigenvalue weighted by Crippen LogP contribution is 2.35. The Morgan fingerprint density at radius 2 is 1.91 bits per heavy atom. The van der Waals surface area contributed by atoms with Gasteiger partial charge in [-0.3, -0.25) is 4.79 Å². The summed E-state index contributed by atoms with van der Waals surface area (Å²) >= 11 is 5.73. The number of ether oxygens (including phenoxy) is 1. The summed E-state index contributed by atoms with van der Waals surface area (Å²) in [5.41, 5.74) is 9.72. The SMILES string of the molecule is CS(=O)(=O)c1cc(C(=O)N=C(N)N)cc(Cl)c1OCC(F)(F)F. The molecule has 0 aromatic heterocycles. The molecule has 0 atom stereocenters. The van der Waals surface area contributed by atoms with Crippen LogP contribution in [0.4, 0.5) is 13.2 Å². The highest BCUT2D eigenvalue weighted by molar-refractivity contribution is 7.90. The number of alkyl halides is 3. The number of sulfone groups is 1. The number of guanidine groups is 1. The molecule has 0 heterocycles. The van der Waals surface area contributed by atoms with Gasteiger partial charge in [0.2, 0.25) is 0 Å². The molecule has 0 aliphatic carbocycles. The average Bonchev–Trinajstić information content (AvgIpc) is 2.33. The molecule has 4 N–H and O–H groups in total. The molecule has 23 heavy (non-hydrogen) atoms. The van der Waals surface area contributed by atoms with Gasteiger partial charge < -0.3 is 16.2 Å². The zero-order valence-electron chi connectivity index (χ0n) is 11.5.